The number of anilines is 2. The molecule has 3 N–H and O–H groups in total. The maximum absolute atomic E-state index is 13.1. The van der Waals surface area contributed by atoms with E-state index in [1.807, 2.05) is 0 Å². The second-order valence-electron chi connectivity index (χ2n) is 6.95. The summed E-state index contributed by atoms with van der Waals surface area (Å²) in [5.74, 6) is -0.529. The zero-order valence-corrected chi connectivity index (χ0v) is 18.4. The van der Waals surface area contributed by atoms with Crippen molar-refractivity contribution in [2.75, 3.05) is 10.0 Å². The van der Waals surface area contributed by atoms with Gasteiger partial charge in [-0.3, -0.25) is 10.0 Å². The fraction of sp³-hybridized carbons (Fsp3) is 0.0476. The molecule has 4 rings (SSSR count). The van der Waals surface area contributed by atoms with E-state index in [1.54, 1.807) is 24.3 Å². The largest absolute Gasteiger partial charge is 0.465 e. The van der Waals surface area contributed by atoms with Crippen molar-refractivity contribution >= 4 is 48.3 Å². The Kier molecular flexibility index (Phi) is 5.78. The molecular formula is C21H17N3O7S2. The van der Waals surface area contributed by atoms with Crippen LogP contribution in [0.15, 0.2) is 87.5 Å². The second kappa shape index (κ2) is 8.56. The molecule has 170 valence electrons. The van der Waals surface area contributed by atoms with Gasteiger partial charge in [-0.15, -0.1) is 0 Å². The summed E-state index contributed by atoms with van der Waals surface area (Å²) in [6, 6.07) is 16.6. The topological polar surface area (TPSA) is 156 Å². The van der Waals surface area contributed by atoms with Crippen LogP contribution >= 0.6 is 0 Å². The second-order valence-corrected chi connectivity index (χ2v) is 10.5. The maximum atomic E-state index is 13.1. The van der Waals surface area contributed by atoms with E-state index < -0.39 is 36.7 Å². The van der Waals surface area contributed by atoms with Crippen LogP contribution in [0, 0.1) is 0 Å². The number of rotatable bonds is 7. The van der Waals surface area contributed by atoms with E-state index in [9.17, 15) is 21.6 Å². The monoisotopic (exact) mass is 487 g/mol. The van der Waals surface area contributed by atoms with E-state index in [2.05, 4.69) is 15.0 Å². The maximum Gasteiger partial charge on any atom is 0.409 e. The predicted molar refractivity (Wildman–Crippen MR) is 120 cm³/mol. The van der Waals surface area contributed by atoms with Gasteiger partial charge in [0.2, 0.25) is 14.9 Å². The lowest BCUT2D eigenvalue weighted by Gasteiger charge is -2.11. The fourth-order valence-electron chi connectivity index (χ4n) is 3.15. The number of sulfonamides is 1. The summed E-state index contributed by atoms with van der Waals surface area (Å²) in [5.41, 5.74) is 0.615. The van der Waals surface area contributed by atoms with Crippen molar-refractivity contribution in [1.29, 1.82) is 0 Å². The summed E-state index contributed by atoms with van der Waals surface area (Å²) in [4.78, 5) is 14.7. The summed E-state index contributed by atoms with van der Waals surface area (Å²) >= 11 is 0. The van der Waals surface area contributed by atoms with Gasteiger partial charge in [-0.05, 0) is 35.9 Å². The normalized spacial score (nSPS) is 11.9. The quantitative estimate of drug-likeness (QED) is 0.356. The van der Waals surface area contributed by atoms with Crippen LogP contribution in [0.5, 0.6) is 0 Å². The lowest BCUT2D eigenvalue weighted by atomic mass is 10.2. The van der Waals surface area contributed by atoms with Gasteiger partial charge in [-0.25, -0.2) is 18.2 Å². The number of hydrogen-bond acceptors (Lipinski definition) is 7. The van der Waals surface area contributed by atoms with Gasteiger partial charge in [0.05, 0.1) is 11.4 Å². The highest BCUT2D eigenvalue weighted by Crippen LogP contribution is 2.28. The van der Waals surface area contributed by atoms with Crippen LogP contribution in [0.25, 0.3) is 11.0 Å². The van der Waals surface area contributed by atoms with Crippen LogP contribution in [-0.4, -0.2) is 33.0 Å². The van der Waals surface area contributed by atoms with E-state index >= 15 is 0 Å². The van der Waals surface area contributed by atoms with Gasteiger partial charge in [0.1, 0.15) is 5.58 Å². The zero-order chi connectivity index (χ0) is 23.6. The molecule has 2 heterocycles. The molecule has 10 nitrogen and oxygen atoms in total. The molecule has 2 aromatic heterocycles. The van der Waals surface area contributed by atoms with Crippen molar-refractivity contribution in [2.24, 2.45) is 0 Å². The molecule has 0 saturated heterocycles. The highest BCUT2D eigenvalue weighted by atomic mass is 32.2. The lowest BCUT2D eigenvalue weighted by molar-refractivity contribution is 0.209. The van der Waals surface area contributed by atoms with Crippen molar-refractivity contribution in [2.45, 2.75) is 15.9 Å². The molecule has 0 radical (unpaired) electrons. The highest BCUT2D eigenvalue weighted by molar-refractivity contribution is 7.93. The smallest absolute Gasteiger partial charge is 0.409 e. The minimum atomic E-state index is -4.25. The summed E-state index contributed by atoms with van der Waals surface area (Å²) < 4.78 is 59.5. The highest BCUT2D eigenvalue weighted by Gasteiger charge is 2.26. The minimum absolute atomic E-state index is 0.196. The summed E-state index contributed by atoms with van der Waals surface area (Å²) in [7, 11) is -8.36. The van der Waals surface area contributed by atoms with Crippen molar-refractivity contribution in [3.8, 4) is 0 Å². The molecule has 0 unspecified atom stereocenters. The molecule has 12 heteroatoms. The number of nitrogens with one attached hydrogen (secondary N) is 2. The van der Waals surface area contributed by atoms with Gasteiger partial charge in [0, 0.05) is 23.3 Å². The average molecular weight is 488 g/mol. The van der Waals surface area contributed by atoms with Gasteiger partial charge in [0.25, 0.3) is 10.0 Å². The van der Waals surface area contributed by atoms with Gasteiger partial charge in [-0.1, -0.05) is 30.3 Å². The first kappa shape index (κ1) is 22.3. The fourth-order valence-corrected chi connectivity index (χ4v) is 5.68. The molecule has 1 amide bonds. The zero-order valence-electron chi connectivity index (χ0n) is 16.8. The number of hydrogen-bond donors (Lipinski definition) is 3. The Bertz CT molecular complexity index is 1530. The van der Waals surface area contributed by atoms with Crippen molar-refractivity contribution < 1.29 is 31.2 Å². The first-order valence-electron chi connectivity index (χ1n) is 9.42. The summed E-state index contributed by atoms with van der Waals surface area (Å²) in [6.07, 6.45) is -0.0594. The number of furan rings is 1. The number of nitrogens with zero attached hydrogens (tertiary/aromatic N) is 1. The van der Waals surface area contributed by atoms with Gasteiger partial charge >= 0.3 is 6.09 Å². The number of fused-ring (bicyclic) bond motifs is 1. The Balaban J connectivity index is 1.64. The number of benzene rings is 2. The Hall–Kier alpha value is -3.90. The molecule has 0 atom stereocenters. The van der Waals surface area contributed by atoms with Crippen LogP contribution in [0.4, 0.5) is 16.2 Å². The molecule has 4 aromatic rings. The standard InChI is InChI=1S/C21H17N3O7S2/c25-21(26)23-16-7-3-5-14(11-16)13-32(27,28)20-17(8-4-10-22-20)24-33(29,30)19-12-15-6-1-2-9-18(15)31-19/h1-12,23-24H,13H2,(H,25,26). The Labute approximate surface area is 188 Å². The van der Waals surface area contributed by atoms with Crippen molar-refractivity contribution in [3.63, 3.8) is 0 Å². The van der Waals surface area contributed by atoms with Gasteiger partial charge < -0.3 is 9.52 Å². The van der Waals surface area contributed by atoms with Crippen LogP contribution in [0.1, 0.15) is 5.56 Å². The first-order valence-corrected chi connectivity index (χ1v) is 12.6. The molecule has 0 fully saturated rings. The molecule has 0 aliphatic heterocycles. The molecular weight excluding hydrogens is 470 g/mol. The molecule has 0 bridgehead atoms. The van der Waals surface area contributed by atoms with E-state index in [0.29, 0.717) is 11.0 Å². The number of para-hydroxylation sites is 1. The minimum Gasteiger partial charge on any atom is -0.465 e. The van der Waals surface area contributed by atoms with E-state index in [0.717, 1.165) is 0 Å². The number of amides is 1. The number of aromatic nitrogens is 1. The van der Waals surface area contributed by atoms with E-state index in [-0.39, 0.29) is 22.0 Å². The van der Waals surface area contributed by atoms with E-state index in [4.69, 9.17) is 9.52 Å². The SMILES string of the molecule is O=C(O)Nc1cccc(CS(=O)(=O)c2ncccc2NS(=O)(=O)c2cc3ccccc3o2)c1. The predicted octanol–water partition coefficient (Wildman–Crippen LogP) is 3.69. The van der Waals surface area contributed by atoms with Gasteiger partial charge in [0.15, 0.2) is 5.03 Å². The third-order valence-corrected chi connectivity index (χ3v) is 7.36. The van der Waals surface area contributed by atoms with Crippen LogP contribution in [0.2, 0.25) is 0 Å². The Morgan fingerprint density at radius 3 is 2.52 bits per heavy atom. The van der Waals surface area contributed by atoms with Crippen LogP contribution in [-0.2, 0) is 25.6 Å². The molecule has 0 spiro atoms. The summed E-state index contributed by atoms with van der Waals surface area (Å²) in [5, 5.41) is 10.7. The third-order valence-electron chi connectivity index (χ3n) is 4.51. The third kappa shape index (κ3) is 4.96. The number of carboxylic acid groups (broad SMARTS) is 1. The number of pyridine rings is 1. The van der Waals surface area contributed by atoms with Crippen LogP contribution < -0.4 is 10.0 Å². The van der Waals surface area contributed by atoms with E-state index in [1.165, 1.54) is 48.7 Å². The molecule has 2 aromatic carbocycles. The molecule has 0 aliphatic carbocycles. The number of carbonyl (C=O) groups is 1. The lowest BCUT2D eigenvalue weighted by Crippen LogP contribution is -2.17. The molecule has 0 aliphatic rings. The Morgan fingerprint density at radius 1 is 0.970 bits per heavy atom. The van der Waals surface area contributed by atoms with Crippen molar-refractivity contribution in [3.05, 3.63) is 78.5 Å². The van der Waals surface area contributed by atoms with Crippen LogP contribution in [0.3, 0.4) is 0 Å². The van der Waals surface area contributed by atoms with Crippen molar-refractivity contribution in [1.82, 2.24) is 4.98 Å². The first-order chi connectivity index (χ1) is 15.6. The molecule has 33 heavy (non-hydrogen) atoms. The summed E-state index contributed by atoms with van der Waals surface area (Å²) in [6.45, 7) is 0. The van der Waals surface area contributed by atoms with Gasteiger partial charge in [-0.2, -0.15) is 8.42 Å². The Morgan fingerprint density at radius 2 is 1.76 bits per heavy atom. The molecule has 0 saturated carbocycles. The number of sulfone groups is 1. The average Bonchev–Trinajstić information content (AvgIpc) is 3.19.